The Hall–Kier alpha value is -2.54. The second kappa shape index (κ2) is 3.22. The predicted octanol–water partition coefficient (Wildman–Crippen LogP) is 1.89. The maximum absolute atomic E-state index is 11.6. The molecule has 4 nitrogen and oxygen atoms in total. The van der Waals surface area contributed by atoms with E-state index in [2.05, 4.69) is 4.98 Å². The number of nitrogens with zero attached hydrogens (tertiary/aromatic N) is 2. The molecule has 0 bridgehead atoms. The number of fused-ring (bicyclic) bond motifs is 3. The monoisotopic (exact) mass is 223 g/mol. The molecule has 4 heteroatoms. The standard InChI is InChI=1S/C13H9N3O/c1-16-10-5-3-2-4-9(10)12-11(16)6-8(7-14)13(17)15-12/h2-6H,1H3,(H,15,17). The minimum Gasteiger partial charge on any atom is -0.342 e. The maximum atomic E-state index is 11.6. The number of benzene rings is 1. The van der Waals surface area contributed by atoms with E-state index < -0.39 is 0 Å². The Kier molecular flexibility index (Phi) is 1.83. The van der Waals surface area contributed by atoms with Crippen LogP contribution in [0.2, 0.25) is 0 Å². The lowest BCUT2D eigenvalue weighted by Gasteiger charge is -1.96. The molecule has 1 aromatic carbocycles. The Bertz CT molecular complexity index is 833. The van der Waals surface area contributed by atoms with Gasteiger partial charge in [-0.15, -0.1) is 0 Å². The molecule has 0 aliphatic rings. The molecule has 3 aromatic rings. The van der Waals surface area contributed by atoms with Gasteiger partial charge in [0.05, 0.1) is 16.6 Å². The number of nitrogens with one attached hydrogen (secondary N) is 1. The molecule has 3 rings (SSSR count). The topological polar surface area (TPSA) is 61.6 Å². The van der Waals surface area contributed by atoms with Gasteiger partial charge in [0.25, 0.3) is 5.56 Å². The van der Waals surface area contributed by atoms with E-state index in [-0.39, 0.29) is 11.1 Å². The summed E-state index contributed by atoms with van der Waals surface area (Å²) >= 11 is 0. The summed E-state index contributed by atoms with van der Waals surface area (Å²) in [6, 6.07) is 11.4. The molecular formula is C13H9N3O. The summed E-state index contributed by atoms with van der Waals surface area (Å²) in [5.74, 6) is 0. The molecule has 0 unspecified atom stereocenters. The molecule has 0 amide bonds. The van der Waals surface area contributed by atoms with Gasteiger partial charge in [0.1, 0.15) is 11.6 Å². The highest BCUT2D eigenvalue weighted by Gasteiger charge is 2.10. The highest BCUT2D eigenvalue weighted by atomic mass is 16.1. The van der Waals surface area contributed by atoms with E-state index >= 15 is 0 Å². The Morgan fingerprint density at radius 1 is 1.29 bits per heavy atom. The third-order valence-electron chi connectivity index (χ3n) is 3.04. The molecule has 0 radical (unpaired) electrons. The molecule has 0 aliphatic heterocycles. The van der Waals surface area contributed by atoms with E-state index in [1.54, 1.807) is 6.07 Å². The third kappa shape index (κ3) is 1.20. The van der Waals surface area contributed by atoms with Crippen LogP contribution in [0.15, 0.2) is 35.1 Å². The lowest BCUT2D eigenvalue weighted by Crippen LogP contribution is -2.09. The molecule has 0 saturated carbocycles. The van der Waals surface area contributed by atoms with Crippen LogP contribution in [-0.4, -0.2) is 9.55 Å². The first-order chi connectivity index (χ1) is 8.22. The van der Waals surface area contributed by atoms with Crippen LogP contribution in [0.4, 0.5) is 0 Å². The van der Waals surface area contributed by atoms with Crippen LogP contribution in [0, 0.1) is 11.3 Å². The minimum absolute atomic E-state index is 0.142. The summed E-state index contributed by atoms with van der Waals surface area (Å²) in [7, 11) is 1.92. The number of pyridine rings is 1. The fraction of sp³-hybridized carbons (Fsp3) is 0.0769. The summed E-state index contributed by atoms with van der Waals surface area (Å²) in [6.45, 7) is 0. The van der Waals surface area contributed by atoms with Crippen molar-refractivity contribution in [1.29, 1.82) is 5.26 Å². The van der Waals surface area contributed by atoms with Gasteiger partial charge in [0.2, 0.25) is 0 Å². The van der Waals surface area contributed by atoms with Gasteiger partial charge in [-0.1, -0.05) is 18.2 Å². The zero-order valence-electron chi connectivity index (χ0n) is 9.19. The van der Waals surface area contributed by atoms with Crippen LogP contribution in [0.25, 0.3) is 21.9 Å². The quantitative estimate of drug-likeness (QED) is 0.632. The van der Waals surface area contributed by atoms with Crippen molar-refractivity contribution in [2.45, 2.75) is 0 Å². The lowest BCUT2D eigenvalue weighted by atomic mass is 10.2. The maximum Gasteiger partial charge on any atom is 0.266 e. The van der Waals surface area contributed by atoms with Gasteiger partial charge in [-0.25, -0.2) is 0 Å². The van der Waals surface area contributed by atoms with Gasteiger partial charge in [-0.3, -0.25) is 4.79 Å². The Labute approximate surface area is 96.7 Å². The number of aryl methyl sites for hydroxylation is 1. The van der Waals surface area contributed by atoms with E-state index in [0.717, 1.165) is 21.9 Å². The Morgan fingerprint density at radius 3 is 2.82 bits per heavy atom. The first-order valence-corrected chi connectivity index (χ1v) is 5.23. The summed E-state index contributed by atoms with van der Waals surface area (Å²) in [6.07, 6.45) is 0. The molecule has 1 N–H and O–H groups in total. The van der Waals surface area contributed by atoms with Crippen LogP contribution in [0.3, 0.4) is 0 Å². The van der Waals surface area contributed by atoms with Crippen molar-refractivity contribution in [2.75, 3.05) is 0 Å². The largest absolute Gasteiger partial charge is 0.342 e. The van der Waals surface area contributed by atoms with Crippen molar-refractivity contribution >= 4 is 21.9 Å². The second-order valence-electron chi connectivity index (χ2n) is 3.96. The van der Waals surface area contributed by atoms with Crippen LogP contribution in [-0.2, 0) is 7.05 Å². The van der Waals surface area contributed by atoms with Crippen LogP contribution < -0.4 is 5.56 Å². The third-order valence-corrected chi connectivity index (χ3v) is 3.04. The van der Waals surface area contributed by atoms with Crippen LogP contribution >= 0.6 is 0 Å². The smallest absolute Gasteiger partial charge is 0.266 e. The first-order valence-electron chi connectivity index (χ1n) is 5.23. The second-order valence-corrected chi connectivity index (χ2v) is 3.96. The Balaban J connectivity index is 2.64. The van der Waals surface area contributed by atoms with Crippen molar-refractivity contribution in [2.24, 2.45) is 7.05 Å². The highest BCUT2D eigenvalue weighted by molar-refractivity contribution is 6.05. The number of nitriles is 1. The molecule has 0 saturated heterocycles. The fourth-order valence-electron chi connectivity index (χ4n) is 2.18. The zero-order valence-corrected chi connectivity index (χ0v) is 9.19. The molecule has 0 atom stereocenters. The molecule has 17 heavy (non-hydrogen) atoms. The van der Waals surface area contributed by atoms with Crippen molar-refractivity contribution in [3.63, 3.8) is 0 Å². The molecule has 0 aliphatic carbocycles. The van der Waals surface area contributed by atoms with E-state index in [4.69, 9.17) is 5.26 Å². The molecule has 0 spiro atoms. The van der Waals surface area contributed by atoms with Crippen LogP contribution in [0.1, 0.15) is 5.56 Å². The number of aromatic nitrogens is 2. The SMILES string of the molecule is Cn1c2ccccc2c2[nH]c(=O)c(C#N)cc21. The summed E-state index contributed by atoms with van der Waals surface area (Å²) in [5, 5.41) is 9.86. The lowest BCUT2D eigenvalue weighted by molar-refractivity contribution is 1.01. The summed E-state index contributed by atoms with van der Waals surface area (Å²) < 4.78 is 1.97. The molecule has 82 valence electrons. The number of hydrogen-bond donors (Lipinski definition) is 1. The summed E-state index contributed by atoms with van der Waals surface area (Å²) in [5.41, 5.74) is 2.49. The number of aromatic amines is 1. The normalized spacial score (nSPS) is 10.8. The number of H-pyrrole nitrogens is 1. The van der Waals surface area contributed by atoms with Gasteiger partial charge in [0, 0.05) is 12.4 Å². The van der Waals surface area contributed by atoms with E-state index in [9.17, 15) is 4.79 Å². The number of hydrogen-bond acceptors (Lipinski definition) is 2. The first kappa shape index (κ1) is 9.67. The minimum atomic E-state index is -0.337. The van der Waals surface area contributed by atoms with Crippen LogP contribution in [0.5, 0.6) is 0 Å². The fourth-order valence-corrected chi connectivity index (χ4v) is 2.18. The van der Waals surface area contributed by atoms with Gasteiger partial charge in [-0.2, -0.15) is 5.26 Å². The molecular weight excluding hydrogens is 214 g/mol. The van der Waals surface area contributed by atoms with E-state index in [0.29, 0.717) is 0 Å². The average Bonchev–Trinajstić information content (AvgIpc) is 2.63. The van der Waals surface area contributed by atoms with Gasteiger partial charge in [0.15, 0.2) is 0 Å². The number of para-hydroxylation sites is 1. The molecule has 0 fully saturated rings. The molecule has 2 heterocycles. The molecule has 2 aromatic heterocycles. The van der Waals surface area contributed by atoms with E-state index in [1.165, 1.54) is 0 Å². The Morgan fingerprint density at radius 2 is 2.06 bits per heavy atom. The van der Waals surface area contributed by atoms with E-state index in [1.807, 2.05) is 41.9 Å². The van der Waals surface area contributed by atoms with Gasteiger partial charge < -0.3 is 9.55 Å². The summed E-state index contributed by atoms with van der Waals surface area (Å²) in [4.78, 5) is 14.4. The number of rotatable bonds is 0. The van der Waals surface area contributed by atoms with Gasteiger partial charge in [-0.05, 0) is 12.1 Å². The zero-order chi connectivity index (χ0) is 12.0. The van der Waals surface area contributed by atoms with Crippen molar-refractivity contribution in [1.82, 2.24) is 9.55 Å². The van der Waals surface area contributed by atoms with Crippen molar-refractivity contribution < 1.29 is 0 Å². The average molecular weight is 223 g/mol. The van der Waals surface area contributed by atoms with Crippen molar-refractivity contribution in [3.8, 4) is 6.07 Å². The van der Waals surface area contributed by atoms with Gasteiger partial charge >= 0.3 is 0 Å². The highest BCUT2D eigenvalue weighted by Crippen LogP contribution is 2.25. The predicted molar refractivity (Wildman–Crippen MR) is 65.8 cm³/mol. The van der Waals surface area contributed by atoms with Crippen molar-refractivity contribution in [3.05, 3.63) is 46.2 Å².